The maximum absolute atomic E-state index is 2.38. The molecule has 0 aromatic carbocycles. The van der Waals surface area contributed by atoms with E-state index in [0.717, 1.165) is 0 Å². The Morgan fingerprint density at radius 1 is 1.80 bits per heavy atom. The molecular formula is C4H11B. The van der Waals surface area contributed by atoms with Crippen molar-refractivity contribution in [2.45, 2.75) is 20.2 Å². The highest BCUT2D eigenvalue weighted by Gasteiger charge is 1.73. The van der Waals surface area contributed by atoms with Gasteiger partial charge in [-0.2, -0.15) is 6.82 Å². The maximum atomic E-state index is 2.38. The molecule has 0 saturated heterocycles. The van der Waals surface area contributed by atoms with E-state index in [1.165, 1.54) is 6.42 Å². The van der Waals surface area contributed by atoms with Crippen molar-refractivity contribution in [3.63, 3.8) is 0 Å². The van der Waals surface area contributed by atoms with Crippen molar-refractivity contribution in [2.75, 3.05) is 0 Å². The largest absolute Gasteiger partial charge is 0.166 e. The van der Waals surface area contributed by atoms with Crippen LogP contribution in [0.15, 0.2) is 0 Å². The molecule has 0 bridgehead atoms. The quantitative estimate of drug-likeness (QED) is 0.332. The maximum Gasteiger partial charge on any atom is 0.166 e. The van der Waals surface area contributed by atoms with Gasteiger partial charge in [-0.15, -0.1) is 6.32 Å². The van der Waals surface area contributed by atoms with Crippen LogP contribution in [0.5, 0.6) is 0 Å². The van der Waals surface area contributed by atoms with Gasteiger partial charge in [0.1, 0.15) is 0 Å². The van der Waals surface area contributed by atoms with Crippen LogP contribution >= 0.6 is 0 Å². The lowest BCUT2D eigenvalue weighted by molar-refractivity contribution is 1.19. The fourth-order valence-electron chi connectivity index (χ4n) is 0.408. The molecule has 0 aromatic heterocycles. The van der Waals surface area contributed by atoms with Gasteiger partial charge in [0, 0.05) is 6.42 Å². The van der Waals surface area contributed by atoms with Crippen LogP contribution in [0.4, 0.5) is 0 Å². The molecule has 0 radical (unpaired) electrons. The van der Waals surface area contributed by atoms with E-state index in [1.807, 2.05) is 0 Å². The standard InChI is InChI=1S/C4H11B/c1-3-4-5-2/h4H,3,5H2,1-2H3. The van der Waals surface area contributed by atoms with Crippen LogP contribution in [-0.2, 0) is 0 Å². The van der Waals surface area contributed by atoms with E-state index in [0.29, 0.717) is 7.28 Å². The SMILES string of the molecule is C[BH2-][CH+]CC. The summed E-state index contributed by atoms with van der Waals surface area (Å²) in [5, 5.41) is 0. The van der Waals surface area contributed by atoms with Gasteiger partial charge in [-0.05, 0) is 6.92 Å². The van der Waals surface area contributed by atoms with Gasteiger partial charge in [0.2, 0.25) is 0 Å². The third-order valence-electron chi connectivity index (χ3n) is 0.816. The molecule has 0 fully saturated rings. The van der Waals surface area contributed by atoms with Crippen LogP contribution in [0.2, 0.25) is 6.82 Å². The Hall–Kier alpha value is -0.0651. The van der Waals surface area contributed by atoms with Gasteiger partial charge in [0.15, 0.2) is 7.28 Å². The van der Waals surface area contributed by atoms with Crippen LogP contribution in [0.3, 0.4) is 0 Å². The molecule has 5 heavy (non-hydrogen) atoms. The van der Waals surface area contributed by atoms with Crippen LogP contribution in [0, 0.1) is 6.32 Å². The Bertz CT molecular complexity index is 11.1. The summed E-state index contributed by atoms with van der Waals surface area (Å²) in [6, 6.07) is 0. The second-order valence-corrected chi connectivity index (χ2v) is 1.39. The zero-order chi connectivity index (χ0) is 4.12. The molecule has 0 aliphatic carbocycles. The molecule has 30 valence electrons. The van der Waals surface area contributed by atoms with Crippen molar-refractivity contribution in [3.8, 4) is 0 Å². The Labute approximate surface area is 34.8 Å². The summed E-state index contributed by atoms with van der Waals surface area (Å²) < 4.78 is 0. The van der Waals surface area contributed by atoms with Gasteiger partial charge in [-0.25, -0.2) is 0 Å². The predicted octanol–water partition coefficient (Wildman–Crippen LogP) is 0.775. The second kappa shape index (κ2) is 3.93. The zero-order valence-electron chi connectivity index (χ0n) is 4.28. The molecule has 1 heteroatoms. The summed E-state index contributed by atoms with van der Waals surface area (Å²) in [5.41, 5.74) is 0. The highest BCUT2D eigenvalue weighted by atomic mass is 13.6. The monoisotopic (exact) mass is 70.1 g/mol. The lowest BCUT2D eigenvalue weighted by atomic mass is 9.77. The fourth-order valence-corrected chi connectivity index (χ4v) is 0.408. The summed E-state index contributed by atoms with van der Waals surface area (Å²) in [4.78, 5) is 0. The fraction of sp³-hybridized carbons (Fsp3) is 0.750. The first-order valence-corrected chi connectivity index (χ1v) is 2.69. The van der Waals surface area contributed by atoms with Crippen molar-refractivity contribution in [1.29, 1.82) is 0 Å². The Kier molecular flexibility index (Phi) is 3.88. The summed E-state index contributed by atoms with van der Waals surface area (Å²) in [6.45, 7) is 4.47. The summed E-state index contributed by atoms with van der Waals surface area (Å²) in [6.07, 6.45) is 3.65. The predicted molar refractivity (Wildman–Crippen MR) is 29.0 cm³/mol. The lowest BCUT2D eigenvalue weighted by Gasteiger charge is -1.74. The number of hydrogen-bond acceptors (Lipinski definition) is 0. The Morgan fingerprint density at radius 2 is 2.40 bits per heavy atom. The zero-order valence-corrected chi connectivity index (χ0v) is 4.28. The first-order valence-electron chi connectivity index (χ1n) is 2.69. The topological polar surface area (TPSA) is 0 Å². The molecular weight excluding hydrogens is 58.9 g/mol. The molecule has 0 saturated carbocycles. The lowest BCUT2D eigenvalue weighted by Crippen LogP contribution is -1.77. The second-order valence-electron chi connectivity index (χ2n) is 1.39. The summed E-state index contributed by atoms with van der Waals surface area (Å²) >= 11 is 0. The van der Waals surface area contributed by atoms with Crippen molar-refractivity contribution in [1.82, 2.24) is 0 Å². The summed E-state index contributed by atoms with van der Waals surface area (Å²) in [7, 11) is 0.382. The van der Waals surface area contributed by atoms with Crippen LogP contribution in [-0.4, -0.2) is 7.28 Å². The third kappa shape index (κ3) is 3.93. The van der Waals surface area contributed by atoms with Crippen molar-refractivity contribution in [3.05, 3.63) is 6.32 Å². The molecule has 0 aliphatic heterocycles. The van der Waals surface area contributed by atoms with E-state index in [4.69, 9.17) is 0 Å². The molecule has 0 amide bonds. The minimum Gasteiger partial charge on any atom is -0.151 e. The number of hydrogen-bond donors (Lipinski definition) is 0. The van der Waals surface area contributed by atoms with E-state index in [1.54, 1.807) is 0 Å². The number of rotatable bonds is 2. The van der Waals surface area contributed by atoms with Gasteiger partial charge in [-0.3, -0.25) is 0 Å². The van der Waals surface area contributed by atoms with Gasteiger partial charge < -0.3 is 0 Å². The minimum atomic E-state index is 0.382. The van der Waals surface area contributed by atoms with Crippen LogP contribution in [0.25, 0.3) is 0 Å². The normalized spacial score (nSPS) is 7.60. The highest BCUT2D eigenvalue weighted by Crippen LogP contribution is 1.76. The highest BCUT2D eigenvalue weighted by molar-refractivity contribution is 6.38. The summed E-state index contributed by atoms with van der Waals surface area (Å²) in [5.74, 6) is 0. The molecule has 0 nitrogen and oxygen atoms in total. The molecule has 0 spiro atoms. The van der Waals surface area contributed by atoms with Gasteiger partial charge in [0.05, 0.1) is 0 Å². The van der Waals surface area contributed by atoms with E-state index < -0.39 is 0 Å². The molecule has 0 N–H and O–H groups in total. The molecule has 0 heterocycles. The van der Waals surface area contributed by atoms with E-state index in [2.05, 4.69) is 20.1 Å². The average molecular weight is 69.9 g/mol. The van der Waals surface area contributed by atoms with Crippen molar-refractivity contribution in [2.24, 2.45) is 0 Å². The van der Waals surface area contributed by atoms with E-state index >= 15 is 0 Å². The molecule has 0 rings (SSSR count). The average Bonchev–Trinajstić information content (AvgIpc) is 1.41. The smallest absolute Gasteiger partial charge is 0.151 e. The Balaban J connectivity index is 2.19. The van der Waals surface area contributed by atoms with Gasteiger partial charge in [-0.1, -0.05) is 0 Å². The van der Waals surface area contributed by atoms with Crippen LogP contribution < -0.4 is 0 Å². The van der Waals surface area contributed by atoms with Gasteiger partial charge >= 0.3 is 0 Å². The van der Waals surface area contributed by atoms with Crippen molar-refractivity contribution >= 4 is 7.28 Å². The van der Waals surface area contributed by atoms with Crippen LogP contribution in [0.1, 0.15) is 13.3 Å². The minimum absolute atomic E-state index is 0.382. The molecule has 0 aliphatic rings. The Morgan fingerprint density at radius 3 is 2.40 bits per heavy atom. The first-order chi connectivity index (χ1) is 2.41. The molecule has 0 aromatic rings. The van der Waals surface area contributed by atoms with E-state index in [9.17, 15) is 0 Å². The first kappa shape index (κ1) is 4.93. The van der Waals surface area contributed by atoms with Crippen molar-refractivity contribution < 1.29 is 0 Å². The molecule has 0 unspecified atom stereocenters. The molecule has 0 atom stereocenters. The third-order valence-corrected chi connectivity index (χ3v) is 0.816. The van der Waals surface area contributed by atoms with E-state index in [-0.39, 0.29) is 0 Å². The van der Waals surface area contributed by atoms with Gasteiger partial charge in [0.25, 0.3) is 0 Å².